The highest BCUT2D eigenvalue weighted by molar-refractivity contribution is 5.85. The minimum Gasteiger partial charge on any atom is -0.489 e. The summed E-state index contributed by atoms with van der Waals surface area (Å²) in [6.45, 7) is 4.28. The summed E-state index contributed by atoms with van der Waals surface area (Å²) in [7, 11) is 0. The number of hydrogen-bond donors (Lipinski definition) is 2. The van der Waals surface area contributed by atoms with E-state index in [0.29, 0.717) is 24.5 Å². The monoisotopic (exact) mass is 440 g/mol. The van der Waals surface area contributed by atoms with E-state index in [1.165, 1.54) is 0 Å². The largest absolute Gasteiger partial charge is 0.489 e. The van der Waals surface area contributed by atoms with Gasteiger partial charge in [-0.15, -0.1) is 0 Å². The molecule has 4 aromatic rings. The number of nitrogens with zero attached hydrogens (tertiary/aromatic N) is 1. The number of carbonyl (C=O) groups is 1. The molecule has 0 bridgehead atoms. The third-order valence-electron chi connectivity index (χ3n) is 5.87. The summed E-state index contributed by atoms with van der Waals surface area (Å²) in [5, 5.41) is 15.1. The first-order valence-electron chi connectivity index (χ1n) is 11.0. The molecule has 1 atom stereocenters. The highest BCUT2D eigenvalue weighted by Gasteiger charge is 2.36. The summed E-state index contributed by atoms with van der Waals surface area (Å²) in [5.41, 5.74) is 2.52. The van der Waals surface area contributed by atoms with Crippen LogP contribution in [0.15, 0.2) is 91.1 Å². The van der Waals surface area contributed by atoms with E-state index in [2.05, 4.69) is 10.3 Å². The van der Waals surface area contributed by atoms with E-state index >= 15 is 0 Å². The molecule has 0 spiro atoms. The van der Waals surface area contributed by atoms with Crippen LogP contribution in [0.2, 0.25) is 0 Å². The molecule has 1 aromatic heterocycles. The predicted octanol–water partition coefficient (Wildman–Crippen LogP) is 5.19. The zero-order valence-electron chi connectivity index (χ0n) is 18.9. The number of ether oxygens (including phenoxy) is 1. The van der Waals surface area contributed by atoms with Gasteiger partial charge in [-0.25, -0.2) is 0 Å². The van der Waals surface area contributed by atoms with Crippen LogP contribution in [-0.4, -0.2) is 16.0 Å². The van der Waals surface area contributed by atoms with Gasteiger partial charge in [-0.2, -0.15) is 0 Å². The number of aliphatic hydroxyl groups excluding tert-OH is 1. The molecule has 0 saturated heterocycles. The number of pyridine rings is 1. The second-order valence-corrected chi connectivity index (χ2v) is 8.64. The zero-order chi connectivity index (χ0) is 23.3. The lowest BCUT2D eigenvalue weighted by Gasteiger charge is -2.30. The lowest BCUT2D eigenvalue weighted by Crippen LogP contribution is -2.40. The highest BCUT2D eigenvalue weighted by Crippen LogP contribution is 2.35. The molecule has 1 heterocycles. The van der Waals surface area contributed by atoms with Crippen LogP contribution in [0, 0.1) is 5.41 Å². The minimum absolute atomic E-state index is 0.230. The molecule has 0 aliphatic rings. The van der Waals surface area contributed by atoms with Crippen LogP contribution in [0.3, 0.4) is 0 Å². The van der Waals surface area contributed by atoms with E-state index < -0.39 is 11.5 Å². The number of aromatic nitrogens is 1. The van der Waals surface area contributed by atoms with Crippen LogP contribution in [0.1, 0.15) is 36.6 Å². The van der Waals surface area contributed by atoms with Crippen LogP contribution >= 0.6 is 0 Å². The summed E-state index contributed by atoms with van der Waals surface area (Å²) in [4.78, 5) is 17.4. The molecule has 3 aromatic carbocycles. The SMILES string of the molecule is CC(C)(C(=O)NCc1ccnc2ccccc12)[C@H](O)c1cccc(OCc2ccccc2)c1. The number of para-hydroxylation sites is 1. The summed E-state index contributed by atoms with van der Waals surface area (Å²) in [6, 6.07) is 26.9. The van der Waals surface area contributed by atoms with Crippen LogP contribution in [0.5, 0.6) is 5.75 Å². The maximum absolute atomic E-state index is 13.1. The van der Waals surface area contributed by atoms with Crippen molar-refractivity contribution in [2.24, 2.45) is 5.41 Å². The Labute approximate surface area is 194 Å². The fourth-order valence-electron chi connectivity index (χ4n) is 3.77. The lowest BCUT2D eigenvalue weighted by molar-refractivity contribution is -0.135. The van der Waals surface area contributed by atoms with E-state index in [1.807, 2.05) is 78.9 Å². The molecule has 0 aliphatic carbocycles. The van der Waals surface area contributed by atoms with E-state index in [0.717, 1.165) is 22.0 Å². The van der Waals surface area contributed by atoms with E-state index in [1.54, 1.807) is 26.1 Å². The molecule has 0 unspecified atom stereocenters. The molecule has 33 heavy (non-hydrogen) atoms. The van der Waals surface area contributed by atoms with Crippen molar-refractivity contribution in [1.82, 2.24) is 10.3 Å². The molecule has 168 valence electrons. The number of benzene rings is 3. The minimum atomic E-state index is -1.04. The lowest BCUT2D eigenvalue weighted by atomic mass is 9.81. The number of rotatable bonds is 8. The third kappa shape index (κ3) is 5.21. The van der Waals surface area contributed by atoms with Gasteiger partial charge in [0.05, 0.1) is 17.0 Å². The molecule has 4 rings (SSSR count). The first-order valence-corrected chi connectivity index (χ1v) is 11.0. The number of nitrogens with one attached hydrogen (secondary N) is 1. The second kappa shape index (κ2) is 9.84. The van der Waals surface area contributed by atoms with Gasteiger partial charge in [0.2, 0.25) is 5.91 Å². The molecular weight excluding hydrogens is 412 g/mol. The zero-order valence-corrected chi connectivity index (χ0v) is 18.9. The van der Waals surface area contributed by atoms with Crippen molar-refractivity contribution in [2.75, 3.05) is 0 Å². The Bertz CT molecular complexity index is 1230. The average molecular weight is 441 g/mol. The Kier molecular flexibility index (Phi) is 6.71. The molecule has 0 saturated carbocycles. The Balaban J connectivity index is 1.43. The summed E-state index contributed by atoms with van der Waals surface area (Å²) in [5.74, 6) is 0.418. The average Bonchev–Trinajstić information content (AvgIpc) is 2.86. The van der Waals surface area contributed by atoms with Crippen molar-refractivity contribution in [3.63, 3.8) is 0 Å². The van der Waals surface area contributed by atoms with Gasteiger partial charge < -0.3 is 15.2 Å². The normalized spacial score (nSPS) is 12.3. The molecule has 1 amide bonds. The number of amides is 1. The number of fused-ring (bicyclic) bond motifs is 1. The third-order valence-corrected chi connectivity index (χ3v) is 5.87. The number of carbonyl (C=O) groups excluding carboxylic acids is 1. The van der Waals surface area contributed by atoms with E-state index in [9.17, 15) is 9.90 Å². The van der Waals surface area contributed by atoms with Crippen LogP contribution in [-0.2, 0) is 17.9 Å². The Hall–Kier alpha value is -3.70. The molecule has 0 aliphatic heterocycles. The first-order chi connectivity index (χ1) is 15.9. The summed E-state index contributed by atoms with van der Waals surface area (Å²) >= 11 is 0. The van der Waals surface area contributed by atoms with Gasteiger partial charge in [0.1, 0.15) is 12.4 Å². The van der Waals surface area contributed by atoms with Gasteiger partial charge in [0, 0.05) is 18.1 Å². The van der Waals surface area contributed by atoms with Crippen molar-refractivity contribution < 1.29 is 14.6 Å². The van der Waals surface area contributed by atoms with Crippen LogP contribution < -0.4 is 10.1 Å². The quantitative estimate of drug-likeness (QED) is 0.396. The molecule has 2 N–H and O–H groups in total. The number of hydrogen-bond acceptors (Lipinski definition) is 4. The topological polar surface area (TPSA) is 71.5 Å². The molecule has 5 heteroatoms. The van der Waals surface area contributed by atoms with E-state index in [4.69, 9.17) is 4.74 Å². The Morgan fingerprint density at radius 2 is 1.76 bits per heavy atom. The van der Waals surface area contributed by atoms with Gasteiger partial charge in [-0.3, -0.25) is 9.78 Å². The van der Waals surface area contributed by atoms with Crippen molar-refractivity contribution in [3.05, 3.63) is 108 Å². The Morgan fingerprint density at radius 1 is 1.00 bits per heavy atom. The van der Waals surface area contributed by atoms with Gasteiger partial charge in [-0.1, -0.05) is 60.7 Å². The van der Waals surface area contributed by atoms with Crippen molar-refractivity contribution in [1.29, 1.82) is 0 Å². The molecule has 0 fully saturated rings. The van der Waals surface area contributed by atoms with Crippen molar-refractivity contribution in [2.45, 2.75) is 33.1 Å². The molecule has 5 nitrogen and oxygen atoms in total. The van der Waals surface area contributed by atoms with E-state index in [-0.39, 0.29) is 5.91 Å². The van der Waals surface area contributed by atoms with Gasteiger partial charge in [0.25, 0.3) is 0 Å². The van der Waals surface area contributed by atoms with Gasteiger partial charge >= 0.3 is 0 Å². The maximum atomic E-state index is 13.1. The van der Waals surface area contributed by atoms with Crippen LogP contribution in [0.4, 0.5) is 0 Å². The summed E-state index contributed by atoms with van der Waals surface area (Å²) in [6.07, 6.45) is 0.747. The van der Waals surface area contributed by atoms with Crippen LogP contribution in [0.25, 0.3) is 10.9 Å². The predicted molar refractivity (Wildman–Crippen MR) is 130 cm³/mol. The molecule has 0 radical (unpaired) electrons. The first kappa shape index (κ1) is 22.5. The standard InChI is InChI=1S/C28H28N2O3/c1-28(2,27(32)30-18-22-15-16-29-25-14-7-6-13-24(22)25)26(31)21-11-8-12-23(17-21)33-19-20-9-4-3-5-10-20/h3-17,26,31H,18-19H2,1-2H3,(H,30,32)/t26-/m1/s1. The van der Waals surface area contributed by atoms with Crippen molar-refractivity contribution >= 4 is 16.8 Å². The smallest absolute Gasteiger partial charge is 0.228 e. The fraction of sp³-hybridized carbons (Fsp3) is 0.214. The summed E-state index contributed by atoms with van der Waals surface area (Å²) < 4.78 is 5.88. The second-order valence-electron chi connectivity index (χ2n) is 8.64. The highest BCUT2D eigenvalue weighted by atomic mass is 16.5. The van der Waals surface area contributed by atoms with Gasteiger partial charge in [-0.05, 0) is 54.8 Å². The van der Waals surface area contributed by atoms with Gasteiger partial charge in [0.15, 0.2) is 0 Å². The fourth-order valence-corrected chi connectivity index (χ4v) is 3.77. The number of aliphatic hydroxyl groups is 1. The molecular formula is C28H28N2O3. The van der Waals surface area contributed by atoms with Crippen molar-refractivity contribution in [3.8, 4) is 5.75 Å². The Morgan fingerprint density at radius 3 is 2.58 bits per heavy atom. The maximum Gasteiger partial charge on any atom is 0.228 e.